The number of rotatable bonds is 7. The average Bonchev–Trinajstić information content (AvgIpc) is 3.06. The summed E-state index contributed by atoms with van der Waals surface area (Å²) in [4.78, 5) is 24.4. The van der Waals surface area contributed by atoms with E-state index < -0.39 is 18.6 Å². The quantitative estimate of drug-likeness (QED) is 0.622. The van der Waals surface area contributed by atoms with Crippen molar-refractivity contribution < 1.29 is 14.7 Å². The minimum Gasteiger partial charge on any atom is -0.387 e. The van der Waals surface area contributed by atoms with Crippen LogP contribution < -0.4 is 16.0 Å². The molecular formula is C16H19N3O3S. The van der Waals surface area contributed by atoms with Crippen molar-refractivity contribution in [3.8, 4) is 0 Å². The van der Waals surface area contributed by atoms with Crippen LogP contribution in [0.5, 0.6) is 0 Å². The van der Waals surface area contributed by atoms with Crippen LogP contribution >= 0.6 is 11.3 Å². The second-order valence-corrected chi connectivity index (χ2v) is 5.98. The predicted molar refractivity (Wildman–Crippen MR) is 91.4 cm³/mol. The molecule has 0 bridgehead atoms. The topological polar surface area (TPSA) is 90.5 Å². The maximum Gasteiger partial charge on any atom is 0.250 e. The Morgan fingerprint density at radius 3 is 2.70 bits per heavy atom. The first-order valence-electron chi connectivity index (χ1n) is 7.16. The number of aliphatic hydroxyl groups excluding tert-OH is 1. The van der Waals surface area contributed by atoms with Gasteiger partial charge >= 0.3 is 0 Å². The van der Waals surface area contributed by atoms with Gasteiger partial charge in [0.05, 0.1) is 6.54 Å². The highest BCUT2D eigenvalue weighted by molar-refractivity contribution is 7.09. The van der Waals surface area contributed by atoms with Crippen molar-refractivity contribution in [2.24, 2.45) is 0 Å². The normalized spacial score (nSPS) is 11.6. The van der Waals surface area contributed by atoms with Gasteiger partial charge in [-0.25, -0.2) is 0 Å². The lowest BCUT2D eigenvalue weighted by atomic mass is 10.2. The number of carbonyl (C=O) groups is 2. The molecule has 6 nitrogen and oxygen atoms in total. The fraction of sp³-hybridized carbons (Fsp3) is 0.250. The Morgan fingerprint density at radius 1 is 1.22 bits per heavy atom. The van der Waals surface area contributed by atoms with Crippen LogP contribution in [0.3, 0.4) is 0 Å². The number of anilines is 2. The van der Waals surface area contributed by atoms with E-state index in [1.165, 1.54) is 0 Å². The van der Waals surface area contributed by atoms with Gasteiger partial charge in [-0.3, -0.25) is 9.59 Å². The van der Waals surface area contributed by atoms with Crippen LogP contribution in [0.4, 0.5) is 11.4 Å². The predicted octanol–water partition coefficient (Wildman–Crippen LogP) is 1.80. The average molecular weight is 333 g/mol. The molecule has 0 radical (unpaired) electrons. The third-order valence-electron chi connectivity index (χ3n) is 3.08. The number of hydrogen-bond donors (Lipinski definition) is 4. The Hall–Kier alpha value is -2.38. The van der Waals surface area contributed by atoms with Gasteiger partial charge in [0, 0.05) is 16.3 Å². The second kappa shape index (κ2) is 8.30. The molecule has 23 heavy (non-hydrogen) atoms. The van der Waals surface area contributed by atoms with E-state index in [4.69, 9.17) is 5.11 Å². The molecule has 122 valence electrons. The minimum atomic E-state index is -0.570. The number of benzene rings is 1. The van der Waals surface area contributed by atoms with Crippen molar-refractivity contribution in [3.05, 3.63) is 46.7 Å². The summed E-state index contributed by atoms with van der Waals surface area (Å²) in [6.07, 6.45) is 0. The zero-order valence-electron chi connectivity index (χ0n) is 12.7. The van der Waals surface area contributed by atoms with Gasteiger partial charge in [-0.05, 0) is 36.6 Å². The van der Waals surface area contributed by atoms with E-state index in [1.54, 1.807) is 42.5 Å². The molecule has 1 atom stereocenters. The highest BCUT2D eigenvalue weighted by atomic mass is 32.1. The van der Waals surface area contributed by atoms with Crippen molar-refractivity contribution in [1.29, 1.82) is 0 Å². The first-order valence-corrected chi connectivity index (χ1v) is 8.04. The summed E-state index contributed by atoms with van der Waals surface area (Å²) in [5, 5.41) is 19.2. The zero-order valence-corrected chi connectivity index (χ0v) is 13.5. The van der Waals surface area contributed by atoms with E-state index in [0.717, 1.165) is 4.88 Å². The fourth-order valence-corrected chi connectivity index (χ4v) is 2.59. The minimum absolute atomic E-state index is 0.108. The monoisotopic (exact) mass is 333 g/mol. The van der Waals surface area contributed by atoms with Gasteiger partial charge in [0.1, 0.15) is 12.6 Å². The first-order chi connectivity index (χ1) is 11.1. The Balaban J connectivity index is 1.88. The Bertz CT molecular complexity index is 658. The van der Waals surface area contributed by atoms with Crippen molar-refractivity contribution in [2.45, 2.75) is 19.5 Å². The van der Waals surface area contributed by atoms with Crippen LogP contribution in [0.25, 0.3) is 0 Å². The van der Waals surface area contributed by atoms with Crippen molar-refractivity contribution in [1.82, 2.24) is 5.32 Å². The SMILES string of the molecule is C[C@H](Nc1cccc(NC(=O)CO)c1)C(=O)NCc1cccs1. The molecule has 0 aliphatic carbocycles. The highest BCUT2D eigenvalue weighted by Crippen LogP contribution is 2.16. The highest BCUT2D eigenvalue weighted by Gasteiger charge is 2.12. The summed E-state index contributed by atoms with van der Waals surface area (Å²) in [5.41, 5.74) is 1.26. The molecule has 1 aromatic heterocycles. The molecule has 2 rings (SSSR count). The molecule has 2 amide bonds. The molecule has 0 aliphatic rings. The molecule has 1 aromatic carbocycles. The van der Waals surface area contributed by atoms with E-state index in [-0.39, 0.29) is 5.91 Å². The van der Waals surface area contributed by atoms with E-state index in [1.807, 2.05) is 17.5 Å². The Kier molecular flexibility index (Phi) is 6.13. The van der Waals surface area contributed by atoms with Crippen LogP contribution in [0.1, 0.15) is 11.8 Å². The van der Waals surface area contributed by atoms with Gasteiger partial charge in [-0.15, -0.1) is 11.3 Å². The summed E-state index contributed by atoms with van der Waals surface area (Å²) >= 11 is 1.59. The summed E-state index contributed by atoms with van der Waals surface area (Å²) < 4.78 is 0. The van der Waals surface area contributed by atoms with Gasteiger partial charge in [0.15, 0.2) is 0 Å². The van der Waals surface area contributed by atoms with Gasteiger partial charge in [0.2, 0.25) is 11.8 Å². The maximum atomic E-state index is 12.1. The zero-order chi connectivity index (χ0) is 16.7. The van der Waals surface area contributed by atoms with Crippen molar-refractivity contribution in [2.75, 3.05) is 17.2 Å². The van der Waals surface area contributed by atoms with Crippen molar-refractivity contribution in [3.63, 3.8) is 0 Å². The largest absolute Gasteiger partial charge is 0.387 e. The molecular weight excluding hydrogens is 314 g/mol. The summed E-state index contributed by atoms with van der Waals surface area (Å²) in [6, 6.07) is 10.5. The standard InChI is InChI=1S/C16H19N3O3S/c1-11(16(22)17-9-14-6-3-7-23-14)18-12-4-2-5-13(8-12)19-15(21)10-20/h2-8,11,18,20H,9-10H2,1H3,(H,17,22)(H,19,21)/t11-/m0/s1. The number of aliphatic hydroxyl groups is 1. The lowest BCUT2D eigenvalue weighted by Gasteiger charge is -2.16. The van der Waals surface area contributed by atoms with Gasteiger partial charge < -0.3 is 21.1 Å². The molecule has 0 unspecified atom stereocenters. The Morgan fingerprint density at radius 2 is 2.00 bits per heavy atom. The molecule has 0 fully saturated rings. The summed E-state index contributed by atoms with van der Waals surface area (Å²) in [5.74, 6) is -0.591. The van der Waals surface area contributed by atoms with Gasteiger partial charge in [-0.2, -0.15) is 0 Å². The first kappa shape index (κ1) is 17.0. The number of carbonyl (C=O) groups excluding carboxylic acids is 2. The second-order valence-electron chi connectivity index (χ2n) is 4.95. The van der Waals surface area contributed by atoms with Gasteiger partial charge in [-0.1, -0.05) is 12.1 Å². The van der Waals surface area contributed by atoms with E-state index in [2.05, 4.69) is 16.0 Å². The number of hydrogen-bond acceptors (Lipinski definition) is 5. The number of thiophene rings is 1. The lowest BCUT2D eigenvalue weighted by Crippen LogP contribution is -2.37. The van der Waals surface area contributed by atoms with E-state index >= 15 is 0 Å². The van der Waals surface area contributed by atoms with Crippen LogP contribution in [0, 0.1) is 0 Å². The molecule has 2 aromatic rings. The molecule has 7 heteroatoms. The molecule has 0 saturated carbocycles. The maximum absolute atomic E-state index is 12.1. The van der Waals surface area contributed by atoms with Crippen LogP contribution in [-0.4, -0.2) is 29.6 Å². The number of nitrogens with one attached hydrogen (secondary N) is 3. The lowest BCUT2D eigenvalue weighted by molar-refractivity contribution is -0.121. The smallest absolute Gasteiger partial charge is 0.250 e. The van der Waals surface area contributed by atoms with Crippen LogP contribution in [-0.2, 0) is 16.1 Å². The van der Waals surface area contributed by atoms with Crippen LogP contribution in [0.15, 0.2) is 41.8 Å². The molecule has 1 heterocycles. The fourth-order valence-electron chi connectivity index (χ4n) is 1.94. The van der Waals surface area contributed by atoms with E-state index in [9.17, 15) is 9.59 Å². The third-order valence-corrected chi connectivity index (χ3v) is 3.96. The Labute approximate surface area is 138 Å². The molecule has 0 aliphatic heterocycles. The molecule has 0 spiro atoms. The summed E-state index contributed by atoms with van der Waals surface area (Å²) in [7, 11) is 0. The molecule has 0 saturated heterocycles. The summed E-state index contributed by atoms with van der Waals surface area (Å²) in [6.45, 7) is 1.71. The molecule has 4 N–H and O–H groups in total. The number of amides is 2. The van der Waals surface area contributed by atoms with Gasteiger partial charge in [0.25, 0.3) is 0 Å². The third kappa shape index (κ3) is 5.39. The van der Waals surface area contributed by atoms with Crippen LogP contribution in [0.2, 0.25) is 0 Å². The van der Waals surface area contributed by atoms with Crippen molar-refractivity contribution >= 4 is 34.5 Å². The van der Waals surface area contributed by atoms with E-state index in [0.29, 0.717) is 17.9 Å².